The van der Waals surface area contributed by atoms with Crippen LogP contribution in [0.1, 0.15) is 5.56 Å². The average molecular weight is 255 g/mol. The molecular formula is C16H17NO2. The smallest absolute Gasteiger partial charge is 0.320 e. The Hall–Kier alpha value is -2.13. The molecule has 0 aliphatic rings. The highest BCUT2D eigenvalue weighted by Crippen LogP contribution is 2.19. The van der Waals surface area contributed by atoms with Crippen molar-refractivity contribution in [2.24, 2.45) is 0 Å². The zero-order valence-corrected chi connectivity index (χ0v) is 10.9. The molecular weight excluding hydrogens is 238 g/mol. The third-order valence-corrected chi connectivity index (χ3v) is 2.78. The highest BCUT2D eigenvalue weighted by Gasteiger charge is 2.02. The van der Waals surface area contributed by atoms with Gasteiger partial charge in [0, 0.05) is 0 Å². The lowest BCUT2D eigenvalue weighted by molar-refractivity contribution is -0.143. The molecule has 1 N–H and O–H groups in total. The van der Waals surface area contributed by atoms with E-state index in [4.69, 9.17) is 4.74 Å². The largest absolute Gasteiger partial charge is 0.460 e. The monoisotopic (exact) mass is 255 g/mol. The average Bonchev–Trinajstić information content (AvgIpc) is 2.47. The molecule has 0 bridgehead atoms. The van der Waals surface area contributed by atoms with Crippen LogP contribution in [0.3, 0.4) is 0 Å². The minimum atomic E-state index is -0.241. The first kappa shape index (κ1) is 13.3. The molecule has 98 valence electrons. The van der Waals surface area contributed by atoms with Gasteiger partial charge in [0.25, 0.3) is 0 Å². The highest BCUT2D eigenvalue weighted by atomic mass is 16.5. The van der Waals surface area contributed by atoms with Crippen molar-refractivity contribution in [1.82, 2.24) is 5.32 Å². The maximum Gasteiger partial charge on any atom is 0.320 e. The summed E-state index contributed by atoms with van der Waals surface area (Å²) in [6, 6.07) is 18.2. The lowest BCUT2D eigenvalue weighted by Crippen LogP contribution is -2.20. The summed E-state index contributed by atoms with van der Waals surface area (Å²) in [6.07, 6.45) is 0. The van der Waals surface area contributed by atoms with E-state index in [9.17, 15) is 4.79 Å². The Balaban J connectivity index is 1.97. The zero-order valence-electron chi connectivity index (χ0n) is 10.9. The van der Waals surface area contributed by atoms with E-state index in [0.717, 1.165) is 11.1 Å². The van der Waals surface area contributed by atoms with Crippen molar-refractivity contribution < 1.29 is 9.53 Å². The van der Waals surface area contributed by atoms with Crippen LogP contribution in [-0.2, 0) is 16.1 Å². The van der Waals surface area contributed by atoms with Crippen molar-refractivity contribution in [3.63, 3.8) is 0 Å². The standard InChI is InChI=1S/C16H17NO2/c1-17-11-16(18)19-12-13-7-9-15(10-8-13)14-5-3-2-4-6-14/h2-10,17H,11-12H2,1H3. The summed E-state index contributed by atoms with van der Waals surface area (Å²) >= 11 is 0. The fourth-order valence-corrected chi connectivity index (χ4v) is 1.78. The van der Waals surface area contributed by atoms with Crippen molar-refractivity contribution in [2.45, 2.75) is 6.61 Å². The van der Waals surface area contributed by atoms with Gasteiger partial charge in [-0.05, 0) is 23.7 Å². The van der Waals surface area contributed by atoms with Gasteiger partial charge in [-0.3, -0.25) is 4.79 Å². The molecule has 2 aromatic carbocycles. The molecule has 0 saturated heterocycles. The van der Waals surface area contributed by atoms with Gasteiger partial charge in [0.2, 0.25) is 0 Å². The van der Waals surface area contributed by atoms with E-state index in [1.807, 2.05) is 42.5 Å². The first-order chi connectivity index (χ1) is 9.29. The molecule has 0 aromatic heterocycles. The second-order valence-electron chi connectivity index (χ2n) is 4.25. The molecule has 0 amide bonds. The summed E-state index contributed by atoms with van der Waals surface area (Å²) in [7, 11) is 1.72. The first-order valence-corrected chi connectivity index (χ1v) is 6.24. The summed E-state index contributed by atoms with van der Waals surface area (Å²) in [4.78, 5) is 11.2. The number of hydrogen-bond donors (Lipinski definition) is 1. The SMILES string of the molecule is CNCC(=O)OCc1ccc(-c2ccccc2)cc1. The number of esters is 1. The molecule has 0 aliphatic heterocycles. The third-order valence-electron chi connectivity index (χ3n) is 2.78. The van der Waals surface area contributed by atoms with Gasteiger partial charge in [0.05, 0.1) is 6.54 Å². The third kappa shape index (κ3) is 3.93. The van der Waals surface area contributed by atoms with Crippen LogP contribution in [0.5, 0.6) is 0 Å². The van der Waals surface area contributed by atoms with Gasteiger partial charge in [-0.2, -0.15) is 0 Å². The number of carbonyl (C=O) groups excluding carboxylic acids is 1. The predicted molar refractivity (Wildman–Crippen MR) is 75.6 cm³/mol. The van der Waals surface area contributed by atoms with Crippen LogP contribution in [-0.4, -0.2) is 19.6 Å². The number of nitrogens with one attached hydrogen (secondary N) is 1. The summed E-state index contributed by atoms with van der Waals surface area (Å²) < 4.78 is 5.11. The van der Waals surface area contributed by atoms with Crippen LogP contribution in [0.4, 0.5) is 0 Å². The number of likely N-dealkylation sites (N-methyl/N-ethyl adjacent to an activating group) is 1. The van der Waals surface area contributed by atoms with E-state index in [0.29, 0.717) is 6.61 Å². The van der Waals surface area contributed by atoms with Crippen molar-refractivity contribution in [3.8, 4) is 11.1 Å². The first-order valence-electron chi connectivity index (χ1n) is 6.24. The van der Waals surface area contributed by atoms with E-state index < -0.39 is 0 Å². The van der Waals surface area contributed by atoms with E-state index in [-0.39, 0.29) is 12.5 Å². The molecule has 2 rings (SSSR count). The number of hydrogen-bond acceptors (Lipinski definition) is 3. The summed E-state index contributed by atoms with van der Waals surface area (Å²) in [5.74, 6) is -0.241. The molecule has 2 aromatic rings. The van der Waals surface area contributed by atoms with Gasteiger partial charge >= 0.3 is 5.97 Å². The summed E-state index contributed by atoms with van der Waals surface area (Å²) in [5.41, 5.74) is 3.33. The molecule has 0 atom stereocenters. The molecule has 3 heteroatoms. The molecule has 0 fully saturated rings. The Kier molecular flexibility index (Phi) is 4.70. The van der Waals surface area contributed by atoms with Crippen molar-refractivity contribution in [1.29, 1.82) is 0 Å². The van der Waals surface area contributed by atoms with E-state index in [1.54, 1.807) is 7.05 Å². The van der Waals surface area contributed by atoms with Gasteiger partial charge in [-0.1, -0.05) is 54.6 Å². The van der Waals surface area contributed by atoms with Crippen LogP contribution in [0.25, 0.3) is 11.1 Å². The Morgan fingerprint density at radius 2 is 1.63 bits per heavy atom. The van der Waals surface area contributed by atoms with Crippen molar-refractivity contribution >= 4 is 5.97 Å². The number of benzene rings is 2. The van der Waals surface area contributed by atoms with E-state index >= 15 is 0 Å². The molecule has 0 radical (unpaired) electrons. The second-order valence-corrected chi connectivity index (χ2v) is 4.25. The van der Waals surface area contributed by atoms with Crippen molar-refractivity contribution in [3.05, 3.63) is 60.2 Å². The number of rotatable bonds is 5. The van der Waals surface area contributed by atoms with Gasteiger partial charge in [0.1, 0.15) is 6.61 Å². The number of carbonyl (C=O) groups is 1. The van der Waals surface area contributed by atoms with Crippen molar-refractivity contribution in [2.75, 3.05) is 13.6 Å². The fraction of sp³-hybridized carbons (Fsp3) is 0.188. The molecule has 0 spiro atoms. The quantitative estimate of drug-likeness (QED) is 0.835. The normalized spacial score (nSPS) is 10.2. The molecule has 0 aliphatic carbocycles. The molecule has 0 saturated carbocycles. The van der Waals surface area contributed by atoms with Gasteiger partial charge < -0.3 is 10.1 Å². The van der Waals surface area contributed by atoms with Crippen LogP contribution in [0.15, 0.2) is 54.6 Å². The van der Waals surface area contributed by atoms with Crippen LogP contribution >= 0.6 is 0 Å². The molecule has 0 heterocycles. The Labute approximate surface area is 113 Å². The summed E-state index contributed by atoms with van der Waals surface area (Å²) in [6.45, 7) is 0.553. The van der Waals surface area contributed by atoms with Gasteiger partial charge in [-0.15, -0.1) is 0 Å². The Bertz CT molecular complexity index is 520. The summed E-state index contributed by atoms with van der Waals surface area (Å²) in [5, 5.41) is 2.76. The molecule has 0 unspecified atom stereocenters. The predicted octanol–water partition coefficient (Wildman–Crippen LogP) is 2.62. The van der Waals surface area contributed by atoms with Crippen LogP contribution < -0.4 is 5.32 Å². The Morgan fingerprint density at radius 3 is 2.26 bits per heavy atom. The molecule has 19 heavy (non-hydrogen) atoms. The van der Waals surface area contributed by atoms with E-state index in [2.05, 4.69) is 17.4 Å². The minimum absolute atomic E-state index is 0.238. The van der Waals surface area contributed by atoms with Gasteiger partial charge in [-0.25, -0.2) is 0 Å². The van der Waals surface area contributed by atoms with Crippen LogP contribution in [0.2, 0.25) is 0 Å². The Morgan fingerprint density at radius 1 is 1.00 bits per heavy atom. The number of ether oxygens (including phenoxy) is 1. The lowest BCUT2D eigenvalue weighted by Gasteiger charge is -2.06. The van der Waals surface area contributed by atoms with E-state index in [1.165, 1.54) is 5.56 Å². The topological polar surface area (TPSA) is 38.3 Å². The maximum absolute atomic E-state index is 11.2. The maximum atomic E-state index is 11.2. The molecule has 3 nitrogen and oxygen atoms in total. The fourth-order valence-electron chi connectivity index (χ4n) is 1.78. The van der Waals surface area contributed by atoms with Gasteiger partial charge in [0.15, 0.2) is 0 Å². The van der Waals surface area contributed by atoms with Crippen LogP contribution in [0, 0.1) is 0 Å². The second kappa shape index (κ2) is 6.71. The lowest BCUT2D eigenvalue weighted by atomic mass is 10.0. The minimum Gasteiger partial charge on any atom is -0.460 e. The zero-order chi connectivity index (χ0) is 13.5. The highest BCUT2D eigenvalue weighted by molar-refractivity contribution is 5.71.